The Morgan fingerprint density at radius 2 is 1.45 bits per heavy atom. The summed E-state index contributed by atoms with van der Waals surface area (Å²) < 4.78 is 2.56. The number of carbonyl (C=O) groups is 1. The van der Waals surface area contributed by atoms with E-state index in [1.54, 1.807) is 0 Å². The van der Waals surface area contributed by atoms with Crippen molar-refractivity contribution in [2.45, 2.75) is 26.2 Å². The second kappa shape index (κ2) is 6.85. The molecule has 0 saturated heterocycles. The van der Waals surface area contributed by atoms with E-state index >= 15 is 0 Å². The zero-order valence-electron chi connectivity index (χ0n) is 12.5. The summed E-state index contributed by atoms with van der Waals surface area (Å²) in [6, 6.07) is 11.5. The minimum atomic E-state index is -0.135. The highest BCUT2D eigenvalue weighted by atomic mass is 79.9. The van der Waals surface area contributed by atoms with Crippen LogP contribution in [0.3, 0.4) is 0 Å². The minimum absolute atomic E-state index is 0.0762. The molecule has 0 aliphatic rings. The fourth-order valence-electron chi connectivity index (χ4n) is 1.97. The molecule has 0 aliphatic carbocycles. The summed E-state index contributed by atoms with van der Waals surface area (Å²) in [7, 11) is 0. The molecule has 0 radical (unpaired) electrons. The number of hydrogen-bond acceptors (Lipinski definition) is 1. The molecule has 2 aromatic carbocycles. The third-order valence-electron chi connectivity index (χ3n) is 3.26. The zero-order valence-corrected chi connectivity index (χ0v) is 17.3. The molecular weight excluding hydrogens is 474 g/mol. The van der Waals surface area contributed by atoms with Crippen LogP contribution in [0.15, 0.2) is 49.8 Å². The van der Waals surface area contributed by atoms with Gasteiger partial charge in [0, 0.05) is 19.0 Å². The van der Waals surface area contributed by atoms with Crippen molar-refractivity contribution in [1.82, 2.24) is 0 Å². The highest BCUT2D eigenvalue weighted by Gasteiger charge is 2.15. The molecule has 0 spiro atoms. The second-order valence-electron chi connectivity index (χ2n) is 6.03. The van der Waals surface area contributed by atoms with Crippen molar-refractivity contribution in [2.24, 2.45) is 0 Å². The Balaban J connectivity index is 2.23. The lowest BCUT2D eigenvalue weighted by Gasteiger charge is -2.19. The maximum atomic E-state index is 12.4. The molecule has 116 valence electrons. The van der Waals surface area contributed by atoms with Gasteiger partial charge < -0.3 is 5.32 Å². The van der Waals surface area contributed by atoms with E-state index < -0.39 is 0 Å². The van der Waals surface area contributed by atoms with E-state index in [2.05, 4.69) is 73.9 Å². The third-order valence-corrected chi connectivity index (χ3v) is 4.97. The SMILES string of the molecule is CC(C)(C)c1ccc(C(=O)Nc2c(Br)cc(Br)cc2Br)cc1. The van der Waals surface area contributed by atoms with Gasteiger partial charge in [-0.1, -0.05) is 48.8 Å². The summed E-state index contributed by atoms with van der Waals surface area (Å²) in [6.45, 7) is 6.45. The molecule has 0 aliphatic heterocycles. The largest absolute Gasteiger partial charge is 0.320 e. The van der Waals surface area contributed by atoms with E-state index in [0.717, 1.165) is 13.4 Å². The van der Waals surface area contributed by atoms with Gasteiger partial charge >= 0.3 is 0 Å². The van der Waals surface area contributed by atoms with Crippen molar-refractivity contribution in [3.63, 3.8) is 0 Å². The summed E-state index contributed by atoms with van der Waals surface area (Å²) in [5.41, 5.74) is 2.63. The van der Waals surface area contributed by atoms with Gasteiger partial charge in [0.1, 0.15) is 0 Å². The first-order chi connectivity index (χ1) is 10.2. The molecule has 2 rings (SSSR count). The van der Waals surface area contributed by atoms with Crippen LogP contribution in [0.5, 0.6) is 0 Å². The molecule has 0 bridgehead atoms. The van der Waals surface area contributed by atoms with Crippen LogP contribution in [-0.4, -0.2) is 5.91 Å². The first-order valence-corrected chi connectivity index (χ1v) is 9.13. The Morgan fingerprint density at radius 3 is 1.91 bits per heavy atom. The van der Waals surface area contributed by atoms with Crippen molar-refractivity contribution >= 4 is 59.4 Å². The van der Waals surface area contributed by atoms with Crippen LogP contribution >= 0.6 is 47.8 Å². The minimum Gasteiger partial charge on any atom is -0.320 e. The van der Waals surface area contributed by atoms with Crippen LogP contribution in [0.1, 0.15) is 36.7 Å². The summed E-state index contributed by atoms with van der Waals surface area (Å²) in [5, 5.41) is 2.93. The highest BCUT2D eigenvalue weighted by Crippen LogP contribution is 2.34. The van der Waals surface area contributed by atoms with Crippen molar-refractivity contribution in [2.75, 3.05) is 5.32 Å². The number of halogens is 3. The smallest absolute Gasteiger partial charge is 0.255 e. The van der Waals surface area contributed by atoms with Crippen LogP contribution in [0.25, 0.3) is 0 Å². The Labute approximate surface area is 156 Å². The molecule has 22 heavy (non-hydrogen) atoms. The van der Waals surface area contributed by atoms with Gasteiger partial charge in [0.2, 0.25) is 0 Å². The normalized spacial score (nSPS) is 11.4. The molecule has 0 aromatic heterocycles. The Hall–Kier alpha value is -0.650. The third kappa shape index (κ3) is 4.21. The van der Waals surface area contributed by atoms with Crippen LogP contribution in [0.2, 0.25) is 0 Å². The second-order valence-corrected chi connectivity index (χ2v) is 8.65. The van der Waals surface area contributed by atoms with Gasteiger partial charge in [0.05, 0.1) is 5.69 Å². The van der Waals surface area contributed by atoms with Crippen molar-refractivity contribution in [3.8, 4) is 0 Å². The van der Waals surface area contributed by atoms with Crippen molar-refractivity contribution < 1.29 is 4.79 Å². The lowest BCUT2D eigenvalue weighted by molar-refractivity contribution is 0.102. The molecule has 0 atom stereocenters. The molecule has 5 heteroatoms. The number of nitrogens with one attached hydrogen (secondary N) is 1. The summed E-state index contributed by atoms with van der Waals surface area (Å²) in [4.78, 5) is 12.4. The van der Waals surface area contributed by atoms with Gasteiger partial charge in [-0.15, -0.1) is 0 Å². The number of benzene rings is 2. The maximum absolute atomic E-state index is 12.4. The van der Waals surface area contributed by atoms with Crippen LogP contribution in [0, 0.1) is 0 Å². The Morgan fingerprint density at radius 1 is 0.955 bits per heavy atom. The van der Waals surface area contributed by atoms with Crippen molar-refractivity contribution in [1.29, 1.82) is 0 Å². The van der Waals surface area contributed by atoms with Crippen LogP contribution in [-0.2, 0) is 5.41 Å². The van der Waals surface area contributed by atoms with E-state index in [1.165, 1.54) is 5.56 Å². The molecule has 0 saturated carbocycles. The number of anilines is 1. The van der Waals surface area contributed by atoms with Gasteiger partial charge in [-0.05, 0) is 67.1 Å². The molecule has 1 amide bonds. The van der Waals surface area contributed by atoms with E-state index in [9.17, 15) is 4.79 Å². The number of hydrogen-bond donors (Lipinski definition) is 1. The first-order valence-electron chi connectivity index (χ1n) is 6.75. The first kappa shape index (κ1) is 17.7. The number of carbonyl (C=O) groups excluding carboxylic acids is 1. The standard InChI is InChI=1S/C17H16Br3NO/c1-17(2,3)11-6-4-10(5-7-11)16(22)21-15-13(19)8-12(18)9-14(15)20/h4-9H,1-3H3,(H,21,22). The summed E-state index contributed by atoms with van der Waals surface area (Å²) in [5.74, 6) is -0.135. The quantitative estimate of drug-likeness (QED) is 0.511. The average Bonchev–Trinajstić information content (AvgIpc) is 2.41. The fourth-order valence-corrected chi connectivity index (χ4v) is 4.43. The van der Waals surface area contributed by atoms with Gasteiger partial charge in [-0.3, -0.25) is 4.79 Å². The Kier molecular flexibility index (Phi) is 5.51. The topological polar surface area (TPSA) is 29.1 Å². The molecule has 0 fully saturated rings. The van der Waals surface area contributed by atoms with Gasteiger partial charge in [0.25, 0.3) is 5.91 Å². The summed E-state index contributed by atoms with van der Waals surface area (Å²) >= 11 is 10.3. The predicted octanol–water partition coefficient (Wildman–Crippen LogP) is 6.52. The molecular formula is C17H16Br3NO. The lowest BCUT2D eigenvalue weighted by Crippen LogP contribution is -2.14. The molecule has 1 N–H and O–H groups in total. The van der Waals surface area contributed by atoms with Crippen LogP contribution in [0.4, 0.5) is 5.69 Å². The predicted molar refractivity (Wildman–Crippen MR) is 103 cm³/mol. The van der Waals surface area contributed by atoms with E-state index in [4.69, 9.17) is 0 Å². The lowest BCUT2D eigenvalue weighted by atomic mass is 9.87. The summed E-state index contributed by atoms with van der Waals surface area (Å²) in [6.07, 6.45) is 0. The van der Waals surface area contributed by atoms with Crippen molar-refractivity contribution in [3.05, 3.63) is 60.9 Å². The van der Waals surface area contributed by atoms with E-state index in [-0.39, 0.29) is 11.3 Å². The molecule has 0 unspecified atom stereocenters. The van der Waals surface area contributed by atoms with Gasteiger partial charge in [-0.2, -0.15) is 0 Å². The monoisotopic (exact) mass is 487 g/mol. The zero-order chi connectivity index (χ0) is 16.5. The number of rotatable bonds is 2. The molecule has 0 heterocycles. The van der Waals surface area contributed by atoms with Gasteiger partial charge in [0.15, 0.2) is 0 Å². The Bertz CT molecular complexity index is 680. The average molecular weight is 490 g/mol. The van der Waals surface area contributed by atoms with E-state index in [0.29, 0.717) is 11.3 Å². The highest BCUT2D eigenvalue weighted by molar-refractivity contribution is 9.11. The van der Waals surface area contributed by atoms with Gasteiger partial charge in [-0.25, -0.2) is 0 Å². The van der Waals surface area contributed by atoms with E-state index in [1.807, 2.05) is 36.4 Å². The molecule has 2 nitrogen and oxygen atoms in total. The maximum Gasteiger partial charge on any atom is 0.255 e. The fraction of sp³-hybridized carbons (Fsp3) is 0.235. The van der Waals surface area contributed by atoms with Crippen LogP contribution < -0.4 is 5.32 Å². The molecule has 2 aromatic rings. The number of amides is 1.